The van der Waals surface area contributed by atoms with Crippen LogP contribution in [0.4, 0.5) is 0 Å². The van der Waals surface area contributed by atoms with E-state index in [4.69, 9.17) is 34.6 Å². The molecule has 0 heterocycles. The average molecular weight is 438 g/mol. The Morgan fingerprint density at radius 1 is 1.09 bits per heavy atom. The molecule has 8 nitrogen and oxygen atoms in total. The number of rotatable bonds is 0. The minimum absolute atomic E-state index is 0. The van der Waals surface area contributed by atoms with Crippen LogP contribution in [-0.4, -0.2) is 19.8 Å². The Morgan fingerprint density at radius 2 is 1.09 bits per heavy atom. The minimum atomic E-state index is -4.64. The van der Waals surface area contributed by atoms with E-state index in [1.54, 1.807) is 0 Å². The molecular weight excluding hydrogens is 435 g/mol. The molecule has 11 heteroatoms. The zero-order valence-electron chi connectivity index (χ0n) is 5.02. The summed E-state index contributed by atoms with van der Waals surface area (Å²) in [6.07, 6.45) is 0. The minimum Gasteiger partial charge on any atom is -0.356 e. The summed E-state index contributed by atoms with van der Waals surface area (Å²) in [5, 5.41) is 14.8. The maximum Gasteiger partial charge on any atom is 0.466 e. The average Bonchev–Trinajstić information content (AvgIpc) is 1.19. The van der Waals surface area contributed by atoms with Gasteiger partial charge in [-0.15, -0.1) is 0 Å². The largest absolute Gasteiger partial charge is 0.466 e. The molecule has 0 aromatic heterocycles. The van der Waals surface area contributed by atoms with Crippen LogP contribution >= 0.6 is 7.82 Å². The Morgan fingerprint density at radius 3 is 1.09 bits per heavy atom. The molecule has 0 fully saturated rings. The van der Waals surface area contributed by atoms with Crippen molar-refractivity contribution in [3.05, 3.63) is 15.3 Å². The fraction of sp³-hybridized carbons (Fsp3) is 0. The number of hydrogen-bond donors (Lipinski definition) is 3. The van der Waals surface area contributed by atoms with Crippen LogP contribution in [0.25, 0.3) is 0 Å². The third-order valence-corrected chi connectivity index (χ3v) is 0. The van der Waals surface area contributed by atoms with Crippen LogP contribution in [-0.2, 0) is 4.57 Å². The fourth-order valence-electron chi connectivity index (χ4n) is 0. The van der Waals surface area contributed by atoms with Gasteiger partial charge in [-0.1, -0.05) is 0 Å². The normalized spacial score (nSPS) is 7.55. The van der Waals surface area contributed by atoms with Crippen molar-refractivity contribution in [1.82, 2.24) is 0 Å². The molecule has 0 aliphatic carbocycles. The standard InChI is InChI=1S/2La.NO3.H3O4P/c;;2-1(3)4;1-5(2,3)4/h;;;(H3,1,2,3,4)/q;;-1;. The zero-order chi connectivity index (χ0) is 8.08. The number of nitrogens with zero attached hydrogens (tertiary/aromatic N) is 1. The van der Waals surface area contributed by atoms with Crippen LogP contribution in [0.5, 0.6) is 0 Å². The Hall–Kier alpha value is 1.70. The maximum absolute atomic E-state index is 8.88. The van der Waals surface area contributed by atoms with Crippen LogP contribution < -0.4 is 0 Å². The molecule has 62 valence electrons. The molecule has 0 saturated heterocycles. The van der Waals surface area contributed by atoms with Gasteiger partial charge in [0.2, 0.25) is 0 Å². The van der Waals surface area contributed by atoms with E-state index in [1.165, 1.54) is 0 Å². The Kier molecular flexibility index (Phi) is 24.4. The van der Waals surface area contributed by atoms with Gasteiger partial charge in [-0.3, -0.25) is 0 Å². The molecular formula is H3La2NO7P-. The molecule has 0 aromatic rings. The monoisotopic (exact) mass is 438 g/mol. The maximum atomic E-state index is 8.88. The van der Waals surface area contributed by atoms with Crippen molar-refractivity contribution in [2.45, 2.75) is 0 Å². The predicted octanol–water partition coefficient (Wildman–Crippen LogP) is -1.17. The van der Waals surface area contributed by atoms with Gasteiger partial charge in [-0.05, 0) is 0 Å². The van der Waals surface area contributed by atoms with Crippen molar-refractivity contribution in [2.24, 2.45) is 0 Å². The molecule has 0 aliphatic heterocycles. The van der Waals surface area contributed by atoms with E-state index in [0.29, 0.717) is 0 Å². The molecule has 0 amide bonds. The van der Waals surface area contributed by atoms with Gasteiger partial charge >= 0.3 is 7.82 Å². The smallest absolute Gasteiger partial charge is 0.356 e. The SMILES string of the molecule is O=P(O)(O)O.O=[N+]([O-])[O-].[La].[La]. The van der Waals surface area contributed by atoms with E-state index < -0.39 is 12.9 Å². The quantitative estimate of drug-likeness (QED) is 0.246. The molecule has 0 saturated carbocycles. The van der Waals surface area contributed by atoms with Gasteiger partial charge in [0.25, 0.3) is 0 Å². The molecule has 0 rings (SSSR count). The van der Waals surface area contributed by atoms with Gasteiger partial charge in [0, 0.05) is 71.2 Å². The van der Waals surface area contributed by atoms with E-state index in [2.05, 4.69) is 0 Å². The van der Waals surface area contributed by atoms with Crippen LogP contribution in [0.3, 0.4) is 0 Å². The summed E-state index contributed by atoms with van der Waals surface area (Å²) >= 11 is 0. The molecule has 0 bridgehead atoms. The first-order valence-electron chi connectivity index (χ1n) is 1.33. The van der Waals surface area contributed by atoms with E-state index in [-0.39, 0.29) is 71.2 Å². The number of phosphoric acid groups is 1. The first-order chi connectivity index (χ1) is 3.73. The van der Waals surface area contributed by atoms with Crippen LogP contribution in [0.15, 0.2) is 0 Å². The van der Waals surface area contributed by atoms with Gasteiger partial charge in [0.15, 0.2) is 0 Å². The predicted molar refractivity (Wildman–Crippen MR) is 24.6 cm³/mol. The van der Waals surface area contributed by atoms with Crippen molar-refractivity contribution in [1.29, 1.82) is 0 Å². The van der Waals surface area contributed by atoms with Crippen LogP contribution in [0.2, 0.25) is 0 Å². The van der Waals surface area contributed by atoms with Crippen LogP contribution in [0, 0.1) is 86.5 Å². The number of hydrogen-bond acceptors (Lipinski definition) is 4. The van der Waals surface area contributed by atoms with E-state index in [9.17, 15) is 0 Å². The summed E-state index contributed by atoms with van der Waals surface area (Å²) in [6, 6.07) is 0. The van der Waals surface area contributed by atoms with Gasteiger partial charge in [0.1, 0.15) is 0 Å². The molecule has 0 atom stereocenters. The molecule has 11 heavy (non-hydrogen) atoms. The molecule has 0 spiro atoms. The third-order valence-electron chi connectivity index (χ3n) is 0. The van der Waals surface area contributed by atoms with E-state index in [1.807, 2.05) is 0 Å². The van der Waals surface area contributed by atoms with Crippen LogP contribution in [0.1, 0.15) is 0 Å². The Bertz CT molecular complexity index is 116. The summed E-state index contributed by atoms with van der Waals surface area (Å²) in [4.78, 5) is 29.8. The Balaban J connectivity index is -0.0000000383. The van der Waals surface area contributed by atoms with Crippen molar-refractivity contribution in [3.63, 3.8) is 0 Å². The molecule has 0 aromatic carbocycles. The Labute approximate surface area is 117 Å². The second kappa shape index (κ2) is 11.7. The first-order valence-corrected chi connectivity index (χ1v) is 2.90. The first kappa shape index (κ1) is 23.0. The molecule has 2 radical (unpaired) electrons. The van der Waals surface area contributed by atoms with Gasteiger partial charge in [0.05, 0.1) is 5.09 Å². The summed E-state index contributed by atoms with van der Waals surface area (Å²) in [5.41, 5.74) is 0. The third kappa shape index (κ3) is 381. The molecule has 0 unspecified atom stereocenters. The molecule has 3 N–H and O–H groups in total. The van der Waals surface area contributed by atoms with Gasteiger partial charge in [-0.2, -0.15) is 0 Å². The summed E-state index contributed by atoms with van der Waals surface area (Å²) < 4.78 is 8.88. The van der Waals surface area contributed by atoms with Crippen molar-refractivity contribution in [2.75, 3.05) is 0 Å². The van der Waals surface area contributed by atoms with E-state index >= 15 is 0 Å². The van der Waals surface area contributed by atoms with E-state index in [0.717, 1.165) is 0 Å². The van der Waals surface area contributed by atoms with Gasteiger partial charge < -0.3 is 30.0 Å². The zero-order valence-corrected chi connectivity index (χ0v) is 13.2. The topological polar surface area (TPSA) is 144 Å². The molecule has 0 aliphatic rings. The van der Waals surface area contributed by atoms with Crippen molar-refractivity contribution >= 4 is 7.82 Å². The second-order valence-electron chi connectivity index (χ2n) is 0.737. The summed E-state index contributed by atoms with van der Waals surface area (Å²) in [7, 11) is -4.64. The summed E-state index contributed by atoms with van der Waals surface area (Å²) in [5.74, 6) is 0. The van der Waals surface area contributed by atoms with Gasteiger partial charge in [-0.25, -0.2) is 4.57 Å². The summed E-state index contributed by atoms with van der Waals surface area (Å²) in [6.45, 7) is 0. The fourth-order valence-corrected chi connectivity index (χ4v) is 0. The second-order valence-corrected chi connectivity index (χ2v) is 1.76. The van der Waals surface area contributed by atoms with Crippen molar-refractivity contribution in [3.8, 4) is 0 Å². The van der Waals surface area contributed by atoms with Crippen molar-refractivity contribution < 1.29 is 95.5 Å².